The van der Waals surface area contributed by atoms with Crippen LogP contribution in [0, 0.1) is 11.8 Å². The predicted molar refractivity (Wildman–Crippen MR) is 76.0 cm³/mol. The highest BCUT2D eigenvalue weighted by molar-refractivity contribution is 5.83. The average molecular weight is 312 g/mol. The summed E-state index contributed by atoms with van der Waals surface area (Å²) >= 11 is 0. The zero-order valence-corrected chi connectivity index (χ0v) is 12.1. The summed E-state index contributed by atoms with van der Waals surface area (Å²) < 4.78 is 38.2. The van der Waals surface area contributed by atoms with E-state index in [9.17, 15) is 18.0 Å². The Labute approximate surface area is 127 Å². The van der Waals surface area contributed by atoms with Gasteiger partial charge in [-0.1, -0.05) is 18.2 Å². The molecule has 6 heteroatoms. The van der Waals surface area contributed by atoms with Crippen LogP contribution in [0.25, 0.3) is 0 Å². The SMILES string of the molecule is NCC1CCN(C(=O)C2CC2c2cccc(C(F)(F)F)c2)C1. The molecule has 3 nitrogen and oxygen atoms in total. The molecule has 1 aliphatic heterocycles. The van der Waals surface area contributed by atoms with Gasteiger partial charge in [-0.25, -0.2) is 0 Å². The molecule has 1 saturated heterocycles. The van der Waals surface area contributed by atoms with Gasteiger partial charge in [0.25, 0.3) is 0 Å². The number of likely N-dealkylation sites (tertiary alicyclic amines) is 1. The molecule has 3 atom stereocenters. The molecule has 120 valence electrons. The number of hydrogen-bond donors (Lipinski definition) is 1. The Bertz CT molecular complexity index is 573. The lowest BCUT2D eigenvalue weighted by Gasteiger charge is -2.16. The third kappa shape index (κ3) is 2.97. The number of amides is 1. The molecule has 3 unspecified atom stereocenters. The second kappa shape index (κ2) is 5.57. The maximum absolute atomic E-state index is 12.7. The first-order chi connectivity index (χ1) is 10.4. The van der Waals surface area contributed by atoms with E-state index in [0.29, 0.717) is 37.5 Å². The molecule has 1 aromatic rings. The highest BCUT2D eigenvalue weighted by Gasteiger charge is 2.47. The zero-order valence-electron chi connectivity index (χ0n) is 12.1. The van der Waals surface area contributed by atoms with Crippen LogP contribution in [-0.2, 0) is 11.0 Å². The largest absolute Gasteiger partial charge is 0.416 e. The van der Waals surface area contributed by atoms with Crippen LogP contribution in [0.3, 0.4) is 0 Å². The zero-order chi connectivity index (χ0) is 15.9. The Balaban J connectivity index is 1.66. The maximum atomic E-state index is 12.7. The third-order valence-electron chi connectivity index (χ3n) is 4.68. The van der Waals surface area contributed by atoms with Gasteiger partial charge < -0.3 is 10.6 Å². The number of nitrogens with two attached hydrogens (primary N) is 1. The number of carbonyl (C=O) groups is 1. The number of benzene rings is 1. The molecule has 0 spiro atoms. The fourth-order valence-corrected chi connectivity index (χ4v) is 3.24. The van der Waals surface area contributed by atoms with Gasteiger partial charge in [0.2, 0.25) is 5.91 Å². The molecule has 1 heterocycles. The maximum Gasteiger partial charge on any atom is 0.416 e. The van der Waals surface area contributed by atoms with Gasteiger partial charge in [0.1, 0.15) is 0 Å². The third-order valence-corrected chi connectivity index (χ3v) is 4.68. The van der Waals surface area contributed by atoms with Crippen LogP contribution in [0.2, 0.25) is 0 Å². The van der Waals surface area contributed by atoms with Crippen LogP contribution in [0.5, 0.6) is 0 Å². The summed E-state index contributed by atoms with van der Waals surface area (Å²) in [5.41, 5.74) is 5.59. The molecule has 2 aliphatic rings. The van der Waals surface area contributed by atoms with E-state index in [1.54, 1.807) is 6.07 Å². The van der Waals surface area contributed by atoms with Crippen molar-refractivity contribution < 1.29 is 18.0 Å². The highest BCUT2D eigenvalue weighted by Crippen LogP contribution is 2.49. The summed E-state index contributed by atoms with van der Waals surface area (Å²) in [6.07, 6.45) is -2.78. The Morgan fingerprint density at radius 2 is 2.14 bits per heavy atom. The smallest absolute Gasteiger partial charge is 0.342 e. The van der Waals surface area contributed by atoms with Crippen LogP contribution in [-0.4, -0.2) is 30.4 Å². The van der Waals surface area contributed by atoms with Gasteiger partial charge in [-0.05, 0) is 42.9 Å². The van der Waals surface area contributed by atoms with E-state index in [1.807, 2.05) is 4.90 Å². The number of hydrogen-bond acceptors (Lipinski definition) is 2. The van der Waals surface area contributed by atoms with E-state index in [0.717, 1.165) is 12.5 Å². The summed E-state index contributed by atoms with van der Waals surface area (Å²) in [6.45, 7) is 1.97. The van der Waals surface area contributed by atoms with Gasteiger partial charge in [-0.2, -0.15) is 13.2 Å². The second-order valence-electron chi connectivity index (χ2n) is 6.25. The van der Waals surface area contributed by atoms with E-state index in [-0.39, 0.29) is 17.7 Å². The second-order valence-corrected chi connectivity index (χ2v) is 6.25. The molecule has 22 heavy (non-hydrogen) atoms. The number of carbonyl (C=O) groups excluding carboxylic acids is 1. The van der Waals surface area contributed by atoms with Crippen molar-refractivity contribution in [1.82, 2.24) is 4.90 Å². The first-order valence-electron chi connectivity index (χ1n) is 7.56. The molecular weight excluding hydrogens is 293 g/mol. The number of halogens is 3. The normalized spacial score (nSPS) is 28.0. The molecule has 2 N–H and O–H groups in total. The molecule has 1 aliphatic carbocycles. The predicted octanol–water partition coefficient (Wildman–Crippen LogP) is 2.62. The summed E-state index contributed by atoms with van der Waals surface area (Å²) in [4.78, 5) is 14.2. The van der Waals surface area contributed by atoms with Crippen LogP contribution >= 0.6 is 0 Å². The van der Waals surface area contributed by atoms with Crippen LogP contribution in [0.15, 0.2) is 24.3 Å². The van der Waals surface area contributed by atoms with E-state index >= 15 is 0 Å². The first kappa shape index (κ1) is 15.3. The molecule has 1 saturated carbocycles. The standard InChI is InChI=1S/C16H19F3N2O/c17-16(18,19)12-3-1-2-11(6-12)13-7-14(13)15(22)21-5-4-10(8-20)9-21/h1-3,6,10,13-14H,4-5,7-9,20H2. The summed E-state index contributed by atoms with van der Waals surface area (Å²) in [5.74, 6) is 0.180. The summed E-state index contributed by atoms with van der Waals surface area (Å²) in [6, 6.07) is 5.33. The van der Waals surface area contributed by atoms with Gasteiger partial charge in [0, 0.05) is 19.0 Å². The van der Waals surface area contributed by atoms with Crippen molar-refractivity contribution in [3.63, 3.8) is 0 Å². The molecule has 0 radical (unpaired) electrons. The summed E-state index contributed by atoms with van der Waals surface area (Å²) in [5, 5.41) is 0. The van der Waals surface area contributed by atoms with Crippen molar-refractivity contribution in [3.05, 3.63) is 35.4 Å². The van der Waals surface area contributed by atoms with E-state index in [1.165, 1.54) is 12.1 Å². The Hall–Kier alpha value is -1.56. The van der Waals surface area contributed by atoms with Gasteiger partial charge in [-0.15, -0.1) is 0 Å². The lowest BCUT2D eigenvalue weighted by atomic mass is 10.1. The number of nitrogens with zero attached hydrogens (tertiary/aromatic N) is 1. The molecule has 2 fully saturated rings. The Morgan fingerprint density at radius 3 is 2.77 bits per heavy atom. The van der Waals surface area contributed by atoms with Crippen molar-refractivity contribution in [2.24, 2.45) is 17.6 Å². The van der Waals surface area contributed by atoms with E-state index in [4.69, 9.17) is 5.73 Å². The lowest BCUT2D eigenvalue weighted by Crippen LogP contribution is -2.31. The first-order valence-corrected chi connectivity index (χ1v) is 7.56. The minimum atomic E-state index is -4.34. The molecule has 0 bridgehead atoms. The van der Waals surface area contributed by atoms with Gasteiger partial charge in [0.15, 0.2) is 0 Å². The summed E-state index contributed by atoms with van der Waals surface area (Å²) in [7, 11) is 0. The number of rotatable bonds is 3. The van der Waals surface area contributed by atoms with Gasteiger partial charge >= 0.3 is 6.18 Å². The van der Waals surface area contributed by atoms with Crippen molar-refractivity contribution in [2.75, 3.05) is 19.6 Å². The lowest BCUT2D eigenvalue weighted by molar-refractivity contribution is -0.137. The van der Waals surface area contributed by atoms with Crippen LogP contribution in [0.1, 0.15) is 29.9 Å². The van der Waals surface area contributed by atoms with Crippen LogP contribution < -0.4 is 5.73 Å². The van der Waals surface area contributed by atoms with Gasteiger partial charge in [0.05, 0.1) is 5.56 Å². The van der Waals surface area contributed by atoms with Crippen molar-refractivity contribution in [3.8, 4) is 0 Å². The molecular formula is C16H19F3N2O. The highest BCUT2D eigenvalue weighted by atomic mass is 19.4. The Kier molecular flexibility index (Phi) is 3.89. The monoisotopic (exact) mass is 312 g/mol. The Morgan fingerprint density at radius 1 is 1.36 bits per heavy atom. The fraction of sp³-hybridized carbons (Fsp3) is 0.562. The molecule has 1 aromatic carbocycles. The van der Waals surface area contributed by atoms with Crippen LogP contribution in [0.4, 0.5) is 13.2 Å². The quantitative estimate of drug-likeness (QED) is 0.932. The average Bonchev–Trinajstić information content (AvgIpc) is 3.15. The van der Waals surface area contributed by atoms with Gasteiger partial charge in [-0.3, -0.25) is 4.79 Å². The van der Waals surface area contributed by atoms with E-state index < -0.39 is 11.7 Å². The fourth-order valence-electron chi connectivity index (χ4n) is 3.24. The van der Waals surface area contributed by atoms with E-state index in [2.05, 4.69) is 0 Å². The molecule has 1 amide bonds. The van der Waals surface area contributed by atoms with Crippen molar-refractivity contribution >= 4 is 5.91 Å². The van der Waals surface area contributed by atoms with Crippen molar-refractivity contribution in [2.45, 2.75) is 24.9 Å². The minimum absolute atomic E-state index is 0.0679. The molecule has 3 rings (SSSR count). The molecule has 0 aromatic heterocycles. The van der Waals surface area contributed by atoms with Crippen molar-refractivity contribution in [1.29, 1.82) is 0 Å². The minimum Gasteiger partial charge on any atom is -0.342 e. The number of alkyl halides is 3. The topological polar surface area (TPSA) is 46.3 Å².